The summed E-state index contributed by atoms with van der Waals surface area (Å²) < 4.78 is 10.3. The van der Waals surface area contributed by atoms with Crippen molar-refractivity contribution in [3.05, 3.63) is 35.4 Å². The zero-order chi connectivity index (χ0) is 21.2. The van der Waals surface area contributed by atoms with Gasteiger partial charge in [-0.05, 0) is 91.2 Å². The molecular weight excluding hydrogens is 352 g/mol. The molecule has 1 rings (SSSR count). The Labute approximate surface area is 171 Å². The molecule has 0 unspecified atom stereocenters. The maximum Gasteiger partial charge on any atom is 0.311 e. The van der Waals surface area contributed by atoms with Crippen molar-refractivity contribution >= 4 is 11.9 Å². The van der Waals surface area contributed by atoms with Gasteiger partial charge in [0.1, 0.15) is 0 Å². The van der Waals surface area contributed by atoms with Crippen LogP contribution in [-0.4, -0.2) is 25.2 Å². The van der Waals surface area contributed by atoms with Gasteiger partial charge in [0, 0.05) is 0 Å². The van der Waals surface area contributed by atoms with Gasteiger partial charge < -0.3 is 9.47 Å². The Hall–Kier alpha value is -1.84. The van der Waals surface area contributed by atoms with Crippen LogP contribution in [0.2, 0.25) is 0 Å². The first-order valence-corrected chi connectivity index (χ1v) is 10.5. The molecule has 1 aromatic rings. The lowest BCUT2D eigenvalue weighted by molar-refractivity contribution is -0.154. The van der Waals surface area contributed by atoms with Crippen molar-refractivity contribution in [2.45, 2.75) is 80.1 Å². The van der Waals surface area contributed by atoms with Gasteiger partial charge in [-0.1, -0.05) is 24.3 Å². The van der Waals surface area contributed by atoms with Crippen molar-refractivity contribution in [1.29, 1.82) is 0 Å². The summed E-state index contributed by atoms with van der Waals surface area (Å²) in [5.41, 5.74) is 1.71. The largest absolute Gasteiger partial charge is 0.466 e. The number of esters is 2. The zero-order valence-corrected chi connectivity index (χ0v) is 18.6. The number of ether oxygens (including phenoxy) is 2. The van der Waals surface area contributed by atoms with Gasteiger partial charge in [0.25, 0.3) is 0 Å². The average molecular weight is 391 g/mol. The Morgan fingerprint density at radius 1 is 0.786 bits per heavy atom. The molecule has 0 saturated heterocycles. The van der Waals surface area contributed by atoms with Crippen LogP contribution in [0.25, 0.3) is 0 Å². The van der Waals surface area contributed by atoms with E-state index in [4.69, 9.17) is 9.47 Å². The van der Waals surface area contributed by atoms with Crippen molar-refractivity contribution < 1.29 is 19.1 Å². The number of hydrogen-bond donors (Lipinski definition) is 0. The summed E-state index contributed by atoms with van der Waals surface area (Å²) in [5.74, 6) is -0.235. The van der Waals surface area contributed by atoms with Crippen LogP contribution in [0, 0.1) is 10.8 Å². The predicted octanol–water partition coefficient (Wildman–Crippen LogP) is 5.51. The van der Waals surface area contributed by atoms with Crippen LogP contribution in [-0.2, 0) is 31.9 Å². The summed E-state index contributed by atoms with van der Waals surface area (Å²) >= 11 is 0. The maximum atomic E-state index is 12.0. The fourth-order valence-corrected chi connectivity index (χ4v) is 3.27. The molecule has 0 atom stereocenters. The Kier molecular flexibility index (Phi) is 9.71. The van der Waals surface area contributed by atoms with Crippen LogP contribution in [0.1, 0.15) is 78.4 Å². The average Bonchev–Trinajstić information content (AvgIpc) is 2.62. The minimum Gasteiger partial charge on any atom is -0.466 e. The standard InChI is InChI=1S/C24H38O4/c1-7-27-21(25)23(3,4)16-10-14-19-12-9-13-20(18-19)15-11-17-24(5,6)22(26)28-8-2/h9,12-13,18H,7-8,10-11,14-17H2,1-6H3. The van der Waals surface area contributed by atoms with Crippen LogP contribution < -0.4 is 0 Å². The molecular formula is C24H38O4. The zero-order valence-electron chi connectivity index (χ0n) is 18.6. The monoisotopic (exact) mass is 390 g/mol. The highest BCUT2D eigenvalue weighted by Gasteiger charge is 2.29. The number of carbonyl (C=O) groups is 2. The van der Waals surface area contributed by atoms with Gasteiger partial charge >= 0.3 is 11.9 Å². The molecule has 0 aliphatic carbocycles. The lowest BCUT2D eigenvalue weighted by atomic mass is 9.86. The fraction of sp³-hybridized carbons (Fsp3) is 0.667. The van der Waals surface area contributed by atoms with Gasteiger partial charge in [-0.3, -0.25) is 9.59 Å². The van der Waals surface area contributed by atoms with Crippen LogP contribution >= 0.6 is 0 Å². The van der Waals surface area contributed by atoms with E-state index in [1.165, 1.54) is 11.1 Å². The molecule has 1 aromatic carbocycles. The molecule has 0 saturated carbocycles. The number of carbonyl (C=O) groups excluding carboxylic acids is 2. The highest BCUT2D eigenvalue weighted by atomic mass is 16.5. The smallest absolute Gasteiger partial charge is 0.311 e. The van der Waals surface area contributed by atoms with Crippen molar-refractivity contribution in [2.24, 2.45) is 10.8 Å². The summed E-state index contributed by atoms with van der Waals surface area (Å²) in [6.45, 7) is 12.3. The van der Waals surface area contributed by atoms with Crippen molar-refractivity contribution in [3.8, 4) is 0 Å². The molecule has 158 valence electrons. The van der Waals surface area contributed by atoms with Gasteiger partial charge in [-0.15, -0.1) is 0 Å². The summed E-state index contributed by atoms with van der Waals surface area (Å²) in [6.07, 6.45) is 5.42. The van der Waals surface area contributed by atoms with Crippen LogP contribution in [0.15, 0.2) is 24.3 Å². The normalized spacial score (nSPS) is 11.9. The molecule has 4 heteroatoms. The SMILES string of the molecule is CCOC(=O)C(C)(C)CCCc1cccc(CCCC(C)(C)C(=O)OCC)c1. The van der Waals surface area contributed by atoms with E-state index in [1.54, 1.807) is 0 Å². The second-order valence-electron chi connectivity index (χ2n) is 8.74. The van der Waals surface area contributed by atoms with E-state index in [2.05, 4.69) is 24.3 Å². The van der Waals surface area contributed by atoms with Crippen molar-refractivity contribution in [1.82, 2.24) is 0 Å². The first-order chi connectivity index (χ1) is 13.1. The molecule has 0 aliphatic rings. The highest BCUT2D eigenvalue weighted by Crippen LogP contribution is 2.27. The second-order valence-corrected chi connectivity index (χ2v) is 8.74. The van der Waals surface area contributed by atoms with Gasteiger partial charge in [0.15, 0.2) is 0 Å². The third kappa shape index (κ3) is 8.04. The second kappa shape index (κ2) is 11.2. The predicted molar refractivity (Wildman–Crippen MR) is 113 cm³/mol. The third-order valence-corrected chi connectivity index (χ3v) is 5.18. The Balaban J connectivity index is 2.50. The van der Waals surface area contributed by atoms with E-state index in [0.717, 1.165) is 38.5 Å². The van der Waals surface area contributed by atoms with E-state index < -0.39 is 10.8 Å². The van der Waals surface area contributed by atoms with E-state index >= 15 is 0 Å². The molecule has 0 N–H and O–H groups in total. The summed E-state index contributed by atoms with van der Waals surface area (Å²) in [4.78, 5) is 24.0. The number of benzene rings is 1. The van der Waals surface area contributed by atoms with Crippen LogP contribution in [0.4, 0.5) is 0 Å². The van der Waals surface area contributed by atoms with Crippen LogP contribution in [0.3, 0.4) is 0 Å². The number of aryl methyl sites for hydroxylation is 2. The van der Waals surface area contributed by atoms with Crippen molar-refractivity contribution in [2.75, 3.05) is 13.2 Å². The van der Waals surface area contributed by atoms with Crippen LogP contribution in [0.5, 0.6) is 0 Å². The Morgan fingerprint density at radius 3 is 1.54 bits per heavy atom. The minimum absolute atomic E-state index is 0.118. The van der Waals surface area contributed by atoms with Gasteiger partial charge in [0.2, 0.25) is 0 Å². The third-order valence-electron chi connectivity index (χ3n) is 5.18. The molecule has 0 bridgehead atoms. The van der Waals surface area contributed by atoms with E-state index in [-0.39, 0.29) is 11.9 Å². The van der Waals surface area contributed by atoms with E-state index in [0.29, 0.717) is 13.2 Å². The van der Waals surface area contributed by atoms with Gasteiger partial charge in [-0.25, -0.2) is 0 Å². The fourth-order valence-electron chi connectivity index (χ4n) is 3.27. The first kappa shape index (κ1) is 24.2. The summed E-state index contributed by atoms with van der Waals surface area (Å²) in [7, 11) is 0. The summed E-state index contributed by atoms with van der Waals surface area (Å²) in [6, 6.07) is 8.62. The highest BCUT2D eigenvalue weighted by molar-refractivity contribution is 5.76. The van der Waals surface area contributed by atoms with E-state index in [1.807, 2.05) is 41.5 Å². The minimum atomic E-state index is -0.438. The lowest BCUT2D eigenvalue weighted by Crippen LogP contribution is -2.26. The molecule has 0 radical (unpaired) electrons. The molecule has 28 heavy (non-hydrogen) atoms. The first-order valence-electron chi connectivity index (χ1n) is 10.5. The maximum absolute atomic E-state index is 12.0. The molecule has 0 amide bonds. The van der Waals surface area contributed by atoms with E-state index in [9.17, 15) is 9.59 Å². The molecule has 0 aromatic heterocycles. The molecule has 0 fully saturated rings. The lowest BCUT2D eigenvalue weighted by Gasteiger charge is -2.22. The number of hydrogen-bond acceptors (Lipinski definition) is 4. The molecule has 0 heterocycles. The molecule has 0 spiro atoms. The Bertz CT molecular complexity index is 580. The quantitative estimate of drug-likeness (QED) is 0.442. The molecule has 0 aliphatic heterocycles. The molecule has 4 nitrogen and oxygen atoms in total. The summed E-state index contributed by atoms with van der Waals surface area (Å²) in [5, 5.41) is 0. The topological polar surface area (TPSA) is 52.6 Å². The van der Waals surface area contributed by atoms with Gasteiger partial charge in [0.05, 0.1) is 24.0 Å². The van der Waals surface area contributed by atoms with Crippen molar-refractivity contribution in [3.63, 3.8) is 0 Å². The number of rotatable bonds is 12. The Morgan fingerprint density at radius 2 is 1.18 bits per heavy atom. The van der Waals surface area contributed by atoms with Gasteiger partial charge in [-0.2, -0.15) is 0 Å².